The zero-order chi connectivity index (χ0) is 14.8. The molecule has 2 atom stereocenters. The lowest BCUT2D eigenvalue weighted by atomic mass is 9.73. The molecule has 0 bridgehead atoms. The molecule has 0 radical (unpaired) electrons. The number of halogens is 2. The third-order valence-corrected chi connectivity index (χ3v) is 4.97. The van der Waals surface area contributed by atoms with Crippen molar-refractivity contribution in [1.82, 2.24) is 0 Å². The third-order valence-electron chi connectivity index (χ3n) is 4.23. The van der Waals surface area contributed by atoms with E-state index in [1.165, 1.54) is 16.7 Å². The summed E-state index contributed by atoms with van der Waals surface area (Å²) in [6.07, 6.45) is 2.58. The van der Waals surface area contributed by atoms with Crippen LogP contribution in [0.4, 0.5) is 0 Å². The van der Waals surface area contributed by atoms with Crippen molar-refractivity contribution in [3.8, 4) is 6.07 Å². The summed E-state index contributed by atoms with van der Waals surface area (Å²) in [6.45, 7) is 0. The average Bonchev–Trinajstić information content (AvgIpc) is 2.50. The molecule has 1 aliphatic rings. The van der Waals surface area contributed by atoms with Gasteiger partial charge in [0.2, 0.25) is 0 Å². The van der Waals surface area contributed by atoms with Crippen LogP contribution in [0.2, 0.25) is 10.0 Å². The first-order valence-electron chi connectivity index (χ1n) is 7.08. The Hall–Kier alpha value is -1.49. The van der Waals surface area contributed by atoms with Crippen LogP contribution < -0.4 is 0 Å². The van der Waals surface area contributed by atoms with Crippen LogP contribution in [-0.4, -0.2) is 0 Å². The Morgan fingerprint density at radius 3 is 2.67 bits per heavy atom. The van der Waals surface area contributed by atoms with Gasteiger partial charge in [0.1, 0.15) is 0 Å². The topological polar surface area (TPSA) is 23.8 Å². The largest absolute Gasteiger partial charge is 0.198 e. The second-order valence-corrected chi connectivity index (χ2v) is 6.41. The van der Waals surface area contributed by atoms with Crippen LogP contribution >= 0.6 is 23.2 Å². The van der Waals surface area contributed by atoms with Crippen LogP contribution in [0, 0.1) is 17.2 Å². The molecular weight excluding hydrogens is 301 g/mol. The number of hydrogen-bond acceptors (Lipinski definition) is 1. The monoisotopic (exact) mass is 315 g/mol. The summed E-state index contributed by atoms with van der Waals surface area (Å²) in [5, 5.41) is 10.2. The molecule has 3 rings (SSSR count). The van der Waals surface area contributed by atoms with E-state index in [-0.39, 0.29) is 0 Å². The second kappa shape index (κ2) is 6.10. The third kappa shape index (κ3) is 2.93. The zero-order valence-electron chi connectivity index (χ0n) is 11.5. The highest BCUT2D eigenvalue weighted by Gasteiger charge is 2.27. The van der Waals surface area contributed by atoms with Crippen molar-refractivity contribution >= 4 is 23.2 Å². The van der Waals surface area contributed by atoms with Crippen LogP contribution in [0.3, 0.4) is 0 Å². The molecule has 0 amide bonds. The van der Waals surface area contributed by atoms with Gasteiger partial charge in [0.05, 0.1) is 16.1 Å². The summed E-state index contributed by atoms with van der Waals surface area (Å²) in [6, 6.07) is 16.7. The van der Waals surface area contributed by atoms with Crippen LogP contribution in [-0.2, 0) is 6.42 Å². The zero-order valence-corrected chi connectivity index (χ0v) is 13.0. The Morgan fingerprint density at radius 2 is 1.90 bits per heavy atom. The minimum Gasteiger partial charge on any atom is -0.198 e. The van der Waals surface area contributed by atoms with E-state index in [1.54, 1.807) is 0 Å². The molecule has 0 saturated heterocycles. The molecule has 0 saturated carbocycles. The van der Waals surface area contributed by atoms with Crippen molar-refractivity contribution in [2.24, 2.45) is 5.92 Å². The van der Waals surface area contributed by atoms with Crippen molar-refractivity contribution in [2.45, 2.75) is 25.2 Å². The van der Waals surface area contributed by atoms with Gasteiger partial charge in [0.25, 0.3) is 0 Å². The molecule has 106 valence electrons. The first-order valence-corrected chi connectivity index (χ1v) is 7.84. The lowest BCUT2D eigenvalue weighted by Gasteiger charge is -2.31. The molecule has 2 aromatic carbocycles. The molecule has 3 heteroatoms. The van der Waals surface area contributed by atoms with Crippen molar-refractivity contribution in [3.05, 3.63) is 69.2 Å². The van der Waals surface area contributed by atoms with Crippen molar-refractivity contribution in [3.63, 3.8) is 0 Å². The summed E-state index contributed by atoms with van der Waals surface area (Å²) >= 11 is 12.2. The van der Waals surface area contributed by atoms with Crippen LogP contribution in [0.5, 0.6) is 0 Å². The maximum Gasteiger partial charge on any atom is 0.0624 e. The van der Waals surface area contributed by atoms with Crippen molar-refractivity contribution in [1.29, 1.82) is 5.26 Å². The molecule has 1 nitrogen and oxygen atoms in total. The van der Waals surface area contributed by atoms with Gasteiger partial charge in [0.15, 0.2) is 0 Å². The Bertz CT molecular complexity index is 703. The van der Waals surface area contributed by atoms with E-state index in [0.717, 1.165) is 12.8 Å². The van der Waals surface area contributed by atoms with Gasteiger partial charge >= 0.3 is 0 Å². The molecule has 0 N–H and O–H groups in total. The van der Waals surface area contributed by atoms with Gasteiger partial charge in [0, 0.05) is 12.3 Å². The predicted molar refractivity (Wildman–Crippen MR) is 86.8 cm³/mol. The van der Waals surface area contributed by atoms with Gasteiger partial charge < -0.3 is 0 Å². The Balaban J connectivity index is 2.03. The average molecular weight is 316 g/mol. The number of rotatable bonds is 2. The summed E-state index contributed by atoms with van der Waals surface area (Å²) in [7, 11) is 0. The van der Waals surface area contributed by atoms with Gasteiger partial charge in [-0.2, -0.15) is 5.26 Å². The number of fused-ring (bicyclic) bond motifs is 1. The van der Waals surface area contributed by atoms with Crippen molar-refractivity contribution in [2.75, 3.05) is 0 Å². The van der Waals surface area contributed by atoms with E-state index >= 15 is 0 Å². The molecule has 0 heterocycles. The minimum absolute atomic E-state index is 0.295. The smallest absolute Gasteiger partial charge is 0.0624 e. The van der Waals surface area contributed by atoms with Crippen LogP contribution in [0.15, 0.2) is 42.5 Å². The molecule has 0 fully saturated rings. The fraction of sp³-hybridized carbons (Fsp3) is 0.278. The highest BCUT2D eigenvalue weighted by atomic mass is 35.5. The van der Waals surface area contributed by atoms with Gasteiger partial charge in [-0.15, -0.1) is 0 Å². The maximum absolute atomic E-state index is 9.02. The van der Waals surface area contributed by atoms with E-state index < -0.39 is 0 Å². The number of benzene rings is 2. The van der Waals surface area contributed by atoms with E-state index in [0.29, 0.717) is 28.3 Å². The number of nitrogens with zero attached hydrogens (tertiary/aromatic N) is 1. The van der Waals surface area contributed by atoms with Crippen molar-refractivity contribution < 1.29 is 0 Å². The lowest BCUT2D eigenvalue weighted by molar-refractivity contribution is 0.436. The molecule has 0 aromatic heterocycles. The Labute approximate surface area is 135 Å². The first-order chi connectivity index (χ1) is 10.2. The Kier molecular flexibility index (Phi) is 4.19. The fourth-order valence-corrected chi connectivity index (χ4v) is 3.55. The number of nitriles is 1. The molecule has 21 heavy (non-hydrogen) atoms. The Morgan fingerprint density at radius 1 is 1.10 bits per heavy atom. The molecule has 1 aliphatic carbocycles. The van der Waals surface area contributed by atoms with E-state index in [4.69, 9.17) is 28.5 Å². The summed E-state index contributed by atoms with van der Waals surface area (Å²) in [5.74, 6) is 0.701. The van der Waals surface area contributed by atoms with E-state index in [1.807, 2.05) is 18.2 Å². The fourth-order valence-electron chi connectivity index (χ4n) is 3.24. The lowest BCUT2D eigenvalue weighted by Crippen LogP contribution is -2.19. The van der Waals surface area contributed by atoms with Crippen LogP contribution in [0.25, 0.3) is 0 Å². The van der Waals surface area contributed by atoms with Gasteiger partial charge in [-0.3, -0.25) is 0 Å². The summed E-state index contributed by atoms with van der Waals surface area (Å²) in [5.41, 5.74) is 3.88. The summed E-state index contributed by atoms with van der Waals surface area (Å²) in [4.78, 5) is 0. The normalized spacial score (nSPS) is 20.6. The molecular formula is C18H15Cl2N. The highest BCUT2D eigenvalue weighted by Crippen LogP contribution is 2.41. The SMILES string of the molecule is N#CC[C@@H]1Cc2ccccc2[C@@H](c2ccc(Cl)c(Cl)c2)C1. The standard InChI is InChI=1S/C18H15Cl2N/c19-17-6-5-14(11-18(17)20)16-10-12(7-8-21)9-13-3-1-2-4-15(13)16/h1-6,11-12,16H,7,9-10H2/t12-,16-/m1/s1. The predicted octanol–water partition coefficient (Wildman–Crippen LogP) is 5.60. The molecule has 0 aliphatic heterocycles. The minimum atomic E-state index is 0.295. The molecule has 0 unspecified atom stereocenters. The molecule has 2 aromatic rings. The number of hydrogen-bond donors (Lipinski definition) is 0. The second-order valence-electron chi connectivity index (χ2n) is 5.59. The van der Waals surface area contributed by atoms with Gasteiger partial charge in [-0.05, 0) is 47.6 Å². The van der Waals surface area contributed by atoms with Gasteiger partial charge in [-0.25, -0.2) is 0 Å². The molecule has 0 spiro atoms. The highest BCUT2D eigenvalue weighted by molar-refractivity contribution is 6.42. The summed E-state index contributed by atoms with van der Waals surface area (Å²) < 4.78 is 0. The van der Waals surface area contributed by atoms with E-state index in [2.05, 4.69) is 30.3 Å². The maximum atomic E-state index is 9.02. The van der Waals surface area contributed by atoms with Gasteiger partial charge in [-0.1, -0.05) is 53.5 Å². The first kappa shape index (κ1) is 14.4. The van der Waals surface area contributed by atoms with Crippen LogP contribution in [0.1, 0.15) is 35.4 Å². The van der Waals surface area contributed by atoms with E-state index in [9.17, 15) is 0 Å². The quantitative estimate of drug-likeness (QED) is 0.707.